The van der Waals surface area contributed by atoms with Gasteiger partial charge < -0.3 is 0 Å². The van der Waals surface area contributed by atoms with Gasteiger partial charge in [0, 0.05) is 27.2 Å². The van der Waals surface area contributed by atoms with Crippen molar-refractivity contribution in [2.45, 2.75) is 19.5 Å². The fourth-order valence-corrected chi connectivity index (χ4v) is 3.70. The third-order valence-electron chi connectivity index (χ3n) is 5.30. The summed E-state index contributed by atoms with van der Waals surface area (Å²) in [6.07, 6.45) is 0.400. The zero-order valence-corrected chi connectivity index (χ0v) is 16.2. The Morgan fingerprint density at radius 1 is 0.552 bits per heavy atom. The lowest BCUT2D eigenvalue weighted by atomic mass is 10.2. The van der Waals surface area contributed by atoms with Crippen LogP contribution >= 0.6 is 0 Å². The van der Waals surface area contributed by atoms with E-state index in [0.29, 0.717) is 28.0 Å². The van der Waals surface area contributed by atoms with E-state index in [-0.39, 0.29) is 35.3 Å². The van der Waals surface area contributed by atoms with Gasteiger partial charge in [0.15, 0.2) is 0 Å². The van der Waals surface area contributed by atoms with E-state index in [0.717, 1.165) is 0 Å². The molecule has 4 rings (SSSR count). The van der Waals surface area contributed by atoms with Crippen LogP contribution in [0.25, 0.3) is 21.5 Å². The van der Waals surface area contributed by atoms with Crippen molar-refractivity contribution in [3.63, 3.8) is 0 Å². The van der Waals surface area contributed by atoms with Crippen LogP contribution in [0.3, 0.4) is 0 Å². The first kappa shape index (κ1) is 18.7. The van der Waals surface area contributed by atoms with E-state index in [9.17, 15) is 19.2 Å². The van der Waals surface area contributed by atoms with E-state index in [2.05, 4.69) is 0 Å². The van der Waals surface area contributed by atoms with Crippen LogP contribution < -0.4 is 22.2 Å². The molecule has 2 aromatic heterocycles. The van der Waals surface area contributed by atoms with E-state index in [1.807, 2.05) is 0 Å². The average Bonchev–Trinajstić information content (AvgIpc) is 2.75. The standard InChI is InChI=1S/C21H20N4O4/c1-22-18(26)14-8-3-5-10-16(14)20(28)24(22)12-7-13-25-21(29)17-11-6-4-9-15(17)19(27)23(25)2/h3-6,8-11H,7,12-13H2,1-2H3. The topological polar surface area (TPSA) is 88.0 Å². The Hall–Kier alpha value is -3.68. The lowest BCUT2D eigenvalue weighted by Crippen LogP contribution is -2.39. The molecule has 8 nitrogen and oxygen atoms in total. The molecule has 0 amide bonds. The molecule has 2 aromatic carbocycles. The Morgan fingerprint density at radius 3 is 1.21 bits per heavy atom. The summed E-state index contributed by atoms with van der Waals surface area (Å²) >= 11 is 0. The first-order valence-electron chi connectivity index (χ1n) is 9.29. The molecule has 2 heterocycles. The molecular weight excluding hydrogens is 372 g/mol. The monoisotopic (exact) mass is 392 g/mol. The molecule has 8 heteroatoms. The second-order valence-corrected chi connectivity index (χ2v) is 6.96. The van der Waals surface area contributed by atoms with E-state index < -0.39 is 0 Å². The van der Waals surface area contributed by atoms with Gasteiger partial charge in [0.1, 0.15) is 0 Å². The summed E-state index contributed by atoms with van der Waals surface area (Å²) in [6, 6.07) is 13.4. The molecule has 0 N–H and O–H groups in total. The number of hydrogen-bond donors (Lipinski definition) is 0. The predicted molar refractivity (Wildman–Crippen MR) is 112 cm³/mol. The second-order valence-electron chi connectivity index (χ2n) is 6.96. The van der Waals surface area contributed by atoms with Crippen LogP contribution in [0.4, 0.5) is 0 Å². The fraction of sp³-hybridized carbons (Fsp3) is 0.238. The smallest absolute Gasteiger partial charge is 0.267 e. The highest BCUT2D eigenvalue weighted by atomic mass is 16.2. The molecule has 0 aliphatic carbocycles. The maximum absolute atomic E-state index is 12.8. The van der Waals surface area contributed by atoms with E-state index >= 15 is 0 Å². The molecule has 0 bridgehead atoms. The zero-order valence-electron chi connectivity index (χ0n) is 16.2. The maximum atomic E-state index is 12.8. The Morgan fingerprint density at radius 2 is 0.862 bits per heavy atom. The number of hydrogen-bond acceptors (Lipinski definition) is 4. The molecule has 0 fully saturated rings. The van der Waals surface area contributed by atoms with Crippen molar-refractivity contribution in [1.29, 1.82) is 0 Å². The van der Waals surface area contributed by atoms with Crippen LogP contribution in [0.2, 0.25) is 0 Å². The quantitative estimate of drug-likeness (QED) is 0.514. The summed E-state index contributed by atoms with van der Waals surface area (Å²) in [5.74, 6) is 0. The lowest BCUT2D eigenvalue weighted by molar-refractivity contribution is 0.395. The van der Waals surface area contributed by atoms with Crippen LogP contribution in [0.5, 0.6) is 0 Å². The number of fused-ring (bicyclic) bond motifs is 2. The third kappa shape index (κ3) is 2.93. The summed E-state index contributed by atoms with van der Waals surface area (Å²) < 4.78 is 5.34. The van der Waals surface area contributed by atoms with Gasteiger partial charge in [0.25, 0.3) is 22.2 Å². The molecule has 4 aromatic rings. The molecule has 0 spiro atoms. The first-order chi connectivity index (χ1) is 13.9. The van der Waals surface area contributed by atoms with Gasteiger partial charge in [0.2, 0.25) is 0 Å². The van der Waals surface area contributed by atoms with E-state index in [1.54, 1.807) is 62.6 Å². The normalized spacial score (nSPS) is 11.4. The van der Waals surface area contributed by atoms with Gasteiger partial charge in [-0.2, -0.15) is 0 Å². The summed E-state index contributed by atoms with van der Waals surface area (Å²) in [5.41, 5.74) is -1.03. The van der Waals surface area contributed by atoms with Crippen molar-refractivity contribution >= 4 is 21.5 Å². The van der Waals surface area contributed by atoms with Gasteiger partial charge in [-0.25, -0.2) is 9.36 Å². The van der Waals surface area contributed by atoms with Crippen molar-refractivity contribution in [1.82, 2.24) is 18.7 Å². The van der Waals surface area contributed by atoms with Crippen molar-refractivity contribution in [2.75, 3.05) is 0 Å². The van der Waals surface area contributed by atoms with Crippen molar-refractivity contribution < 1.29 is 0 Å². The lowest BCUT2D eigenvalue weighted by Gasteiger charge is -2.15. The first-order valence-corrected chi connectivity index (χ1v) is 9.29. The summed E-state index contributed by atoms with van der Waals surface area (Å²) in [7, 11) is 3.10. The summed E-state index contributed by atoms with van der Waals surface area (Å²) in [6.45, 7) is 0.478. The molecule has 0 saturated heterocycles. The number of rotatable bonds is 4. The Kier molecular flexibility index (Phi) is 4.54. The van der Waals surface area contributed by atoms with E-state index in [4.69, 9.17) is 0 Å². The van der Waals surface area contributed by atoms with Crippen LogP contribution in [0.15, 0.2) is 67.7 Å². The Balaban J connectivity index is 1.71. The summed E-state index contributed by atoms with van der Waals surface area (Å²) in [4.78, 5) is 50.6. The predicted octanol–water partition coefficient (Wildman–Crippen LogP) is 0.804. The van der Waals surface area contributed by atoms with Gasteiger partial charge in [-0.05, 0) is 30.7 Å². The molecule has 0 saturated carbocycles. The van der Waals surface area contributed by atoms with Gasteiger partial charge in [0.05, 0.1) is 21.5 Å². The molecule has 0 radical (unpaired) electrons. The van der Waals surface area contributed by atoms with Crippen LogP contribution in [0, 0.1) is 0 Å². The highest BCUT2D eigenvalue weighted by Gasteiger charge is 2.12. The second kappa shape index (κ2) is 7.05. The summed E-state index contributed by atoms with van der Waals surface area (Å²) in [5, 5.41) is 1.49. The molecular formula is C21H20N4O4. The van der Waals surface area contributed by atoms with Crippen molar-refractivity contribution in [3.05, 3.63) is 89.9 Å². The highest BCUT2D eigenvalue weighted by Crippen LogP contribution is 2.05. The van der Waals surface area contributed by atoms with Gasteiger partial charge in [-0.1, -0.05) is 24.3 Å². The van der Waals surface area contributed by atoms with Crippen molar-refractivity contribution in [2.24, 2.45) is 14.1 Å². The molecule has 29 heavy (non-hydrogen) atoms. The Labute approximate surface area is 164 Å². The molecule has 0 atom stereocenters. The molecule has 0 unspecified atom stereocenters. The minimum absolute atomic E-state index is 0.239. The molecule has 0 aliphatic heterocycles. The highest BCUT2D eigenvalue weighted by molar-refractivity contribution is 5.81. The maximum Gasteiger partial charge on any atom is 0.273 e. The van der Waals surface area contributed by atoms with Gasteiger partial charge >= 0.3 is 0 Å². The van der Waals surface area contributed by atoms with Crippen molar-refractivity contribution in [3.8, 4) is 0 Å². The van der Waals surface area contributed by atoms with Crippen LogP contribution in [-0.2, 0) is 27.2 Å². The number of nitrogens with zero attached hydrogens (tertiary/aromatic N) is 4. The zero-order chi connectivity index (χ0) is 20.7. The number of benzene rings is 2. The SMILES string of the molecule is Cn1c(=O)c2ccccc2c(=O)n1CCCn1c(=O)c2ccccc2c(=O)n1C. The average molecular weight is 392 g/mol. The van der Waals surface area contributed by atoms with Gasteiger partial charge in [-0.15, -0.1) is 0 Å². The van der Waals surface area contributed by atoms with Gasteiger partial charge in [-0.3, -0.25) is 28.5 Å². The molecule has 148 valence electrons. The number of aromatic nitrogens is 4. The van der Waals surface area contributed by atoms with Crippen LogP contribution in [0.1, 0.15) is 6.42 Å². The van der Waals surface area contributed by atoms with E-state index in [1.165, 1.54) is 18.7 Å². The molecule has 0 aliphatic rings. The third-order valence-corrected chi connectivity index (χ3v) is 5.30. The fourth-order valence-electron chi connectivity index (χ4n) is 3.70. The van der Waals surface area contributed by atoms with Crippen LogP contribution in [-0.4, -0.2) is 18.7 Å². The largest absolute Gasteiger partial charge is 0.273 e. The Bertz CT molecular complexity index is 1370. The minimum atomic E-state index is -0.262. The minimum Gasteiger partial charge on any atom is -0.267 e.